The van der Waals surface area contributed by atoms with Crippen LogP contribution in [0.3, 0.4) is 0 Å². The smallest absolute Gasteiger partial charge is 0.259 e. The van der Waals surface area contributed by atoms with Gasteiger partial charge >= 0.3 is 11.8 Å². The number of carbonyl (C=O) groups is 2. The molecule has 10 heteroatoms. The number of hydrogen-bond donors (Lipinski definition) is 0. The van der Waals surface area contributed by atoms with Gasteiger partial charge in [0.05, 0.1) is 0 Å². The molecule has 0 amide bonds. The fraction of sp³-hybridized carbons (Fsp3) is 0. The first-order valence-electron chi connectivity index (χ1n) is 3.34. The summed E-state index contributed by atoms with van der Waals surface area (Å²) in [6, 6.07) is 0. The molecule has 0 bridgehead atoms. The summed E-state index contributed by atoms with van der Waals surface area (Å²) in [4.78, 5) is 23.5. The van der Waals surface area contributed by atoms with Gasteiger partial charge in [0.2, 0.25) is 0 Å². The van der Waals surface area contributed by atoms with Gasteiger partial charge in [-0.3, -0.25) is 9.59 Å². The van der Waals surface area contributed by atoms with Crippen molar-refractivity contribution < 1.29 is 9.59 Å². The van der Waals surface area contributed by atoms with Gasteiger partial charge in [-0.15, -0.1) is 20.4 Å². The summed E-state index contributed by atoms with van der Waals surface area (Å²) in [5.41, 5.74) is 0. The van der Waals surface area contributed by atoms with Gasteiger partial charge in [-0.1, -0.05) is 9.59 Å². The van der Waals surface area contributed by atoms with Crippen LogP contribution >= 0.6 is 0 Å². The van der Waals surface area contributed by atoms with Crippen molar-refractivity contribution >= 4 is 11.8 Å². The molecule has 2 aromatic rings. The fourth-order valence-electron chi connectivity index (χ4n) is 0.691. The maximum Gasteiger partial charge on any atom is 0.358 e. The largest absolute Gasteiger partial charge is 0.358 e. The SMILES string of the molecule is O=C(C(=O)n1ncnn1)n1ncnn1. The molecule has 0 saturated heterocycles. The van der Waals surface area contributed by atoms with Crippen molar-refractivity contribution in [2.45, 2.75) is 0 Å². The molecule has 2 rings (SSSR count). The average Bonchev–Trinajstić information content (AvgIpc) is 2.87. The van der Waals surface area contributed by atoms with Crippen LogP contribution < -0.4 is 0 Å². The van der Waals surface area contributed by atoms with Crippen LogP contribution in [0.1, 0.15) is 9.59 Å². The molecule has 0 saturated carbocycles. The highest BCUT2D eigenvalue weighted by Crippen LogP contribution is 1.82. The van der Waals surface area contributed by atoms with Crippen LogP contribution in [0, 0.1) is 0 Å². The Morgan fingerprint density at radius 3 is 1.57 bits per heavy atom. The standard InChI is InChI=1S/C4H2N8O2/c13-3(11-7-1-5-9-11)4(14)12-8-2-6-10-12/h1-2H. The van der Waals surface area contributed by atoms with Gasteiger partial charge in [0.1, 0.15) is 0 Å². The molecule has 2 heterocycles. The molecule has 2 aromatic heterocycles. The van der Waals surface area contributed by atoms with Crippen molar-refractivity contribution in [3.8, 4) is 0 Å². The maximum absolute atomic E-state index is 11.2. The van der Waals surface area contributed by atoms with Gasteiger partial charge < -0.3 is 0 Å². The van der Waals surface area contributed by atoms with Gasteiger partial charge in [-0.25, -0.2) is 0 Å². The molecule has 0 aliphatic carbocycles. The molecule has 0 aliphatic rings. The molecule has 0 spiro atoms. The number of rotatable bonds is 0. The van der Waals surface area contributed by atoms with Crippen molar-refractivity contribution in [2.75, 3.05) is 0 Å². The molecule has 0 aliphatic heterocycles. The van der Waals surface area contributed by atoms with Crippen LogP contribution in [-0.2, 0) is 0 Å². The van der Waals surface area contributed by atoms with E-state index in [2.05, 4.69) is 30.8 Å². The first-order valence-corrected chi connectivity index (χ1v) is 3.34. The van der Waals surface area contributed by atoms with Crippen molar-refractivity contribution in [1.82, 2.24) is 40.4 Å². The first-order chi connectivity index (χ1) is 6.79. The van der Waals surface area contributed by atoms with Crippen LogP contribution in [0.25, 0.3) is 0 Å². The van der Waals surface area contributed by atoms with Crippen LogP contribution in [0.5, 0.6) is 0 Å². The van der Waals surface area contributed by atoms with Crippen LogP contribution in [0.2, 0.25) is 0 Å². The zero-order valence-electron chi connectivity index (χ0n) is 6.55. The molecule has 0 fully saturated rings. The van der Waals surface area contributed by atoms with Crippen LogP contribution in [0.4, 0.5) is 0 Å². The Morgan fingerprint density at radius 2 is 1.29 bits per heavy atom. The van der Waals surface area contributed by atoms with Crippen LogP contribution in [0.15, 0.2) is 12.7 Å². The number of tetrazole rings is 2. The average molecular weight is 194 g/mol. The lowest BCUT2D eigenvalue weighted by atomic mass is 10.6. The minimum absolute atomic E-state index is 0.533. The molecule has 0 atom stereocenters. The molecule has 70 valence electrons. The van der Waals surface area contributed by atoms with Gasteiger partial charge in [-0.2, -0.15) is 0 Å². The Bertz CT molecular complexity index is 399. The highest BCUT2D eigenvalue weighted by atomic mass is 16.2. The lowest BCUT2D eigenvalue weighted by molar-refractivity contribution is 0.0671. The van der Waals surface area contributed by atoms with Crippen molar-refractivity contribution in [3.63, 3.8) is 0 Å². The summed E-state index contributed by atoms with van der Waals surface area (Å²) >= 11 is 0. The Kier molecular flexibility index (Phi) is 1.78. The van der Waals surface area contributed by atoms with Gasteiger partial charge in [0.25, 0.3) is 0 Å². The van der Waals surface area contributed by atoms with E-state index in [1.807, 2.05) is 0 Å². The summed E-state index contributed by atoms with van der Waals surface area (Å²) in [6.07, 6.45) is 2.06. The Morgan fingerprint density at radius 1 is 0.857 bits per heavy atom. The predicted molar refractivity (Wildman–Crippen MR) is 36.9 cm³/mol. The van der Waals surface area contributed by atoms with Crippen molar-refractivity contribution in [1.29, 1.82) is 0 Å². The van der Waals surface area contributed by atoms with Gasteiger partial charge in [0, 0.05) is 0 Å². The van der Waals surface area contributed by atoms with Crippen molar-refractivity contribution in [2.24, 2.45) is 0 Å². The minimum Gasteiger partial charge on any atom is -0.259 e. The number of hydrogen-bond acceptors (Lipinski definition) is 8. The quantitative estimate of drug-likeness (QED) is 0.427. The lowest BCUT2D eigenvalue weighted by Crippen LogP contribution is -2.30. The highest BCUT2D eigenvalue weighted by Gasteiger charge is 2.21. The van der Waals surface area contributed by atoms with E-state index < -0.39 is 11.8 Å². The maximum atomic E-state index is 11.2. The predicted octanol–water partition coefficient (Wildman–Crippen LogP) is -2.36. The minimum atomic E-state index is -1.01. The Labute approximate surface area is 75.5 Å². The summed E-state index contributed by atoms with van der Waals surface area (Å²) in [7, 11) is 0. The molecule has 0 unspecified atom stereocenters. The second-order valence-corrected chi connectivity index (χ2v) is 2.06. The van der Waals surface area contributed by atoms with E-state index in [-0.39, 0.29) is 0 Å². The second-order valence-electron chi connectivity index (χ2n) is 2.06. The summed E-state index contributed by atoms with van der Waals surface area (Å²) in [5, 5.41) is 19.8. The Balaban J connectivity index is 2.26. The second kappa shape index (κ2) is 3.08. The Hall–Kier alpha value is -2.52. The van der Waals surface area contributed by atoms with E-state index in [0.717, 1.165) is 12.7 Å². The number of carbonyl (C=O) groups excluding carboxylic acids is 2. The van der Waals surface area contributed by atoms with Crippen molar-refractivity contribution in [3.05, 3.63) is 12.7 Å². The topological polar surface area (TPSA) is 121 Å². The summed E-state index contributed by atoms with van der Waals surface area (Å²) < 4.78 is 0. The van der Waals surface area contributed by atoms with E-state index in [1.165, 1.54) is 0 Å². The molecule has 14 heavy (non-hydrogen) atoms. The van der Waals surface area contributed by atoms with Crippen LogP contribution in [-0.4, -0.2) is 52.2 Å². The van der Waals surface area contributed by atoms with Gasteiger partial charge in [-0.05, 0) is 10.4 Å². The van der Waals surface area contributed by atoms with E-state index >= 15 is 0 Å². The molecule has 10 nitrogen and oxygen atoms in total. The third kappa shape index (κ3) is 1.24. The third-order valence-electron chi connectivity index (χ3n) is 1.24. The molecular formula is C4H2N8O2. The zero-order chi connectivity index (χ0) is 9.97. The number of aromatic nitrogens is 8. The van der Waals surface area contributed by atoms with E-state index in [9.17, 15) is 9.59 Å². The third-order valence-corrected chi connectivity index (χ3v) is 1.24. The normalized spacial score (nSPS) is 10.0. The molecule has 0 aromatic carbocycles. The fourth-order valence-corrected chi connectivity index (χ4v) is 0.691. The molecule has 0 radical (unpaired) electrons. The summed E-state index contributed by atoms with van der Waals surface area (Å²) in [6.45, 7) is 0. The van der Waals surface area contributed by atoms with Gasteiger partial charge in [0.15, 0.2) is 12.7 Å². The monoisotopic (exact) mass is 194 g/mol. The van der Waals surface area contributed by atoms with E-state index in [1.54, 1.807) is 0 Å². The highest BCUT2D eigenvalue weighted by molar-refractivity contribution is 6.35. The first kappa shape index (κ1) is 8.10. The van der Waals surface area contributed by atoms with E-state index in [4.69, 9.17) is 0 Å². The van der Waals surface area contributed by atoms with E-state index in [0.29, 0.717) is 9.59 Å². The molecular weight excluding hydrogens is 192 g/mol. The summed E-state index contributed by atoms with van der Waals surface area (Å²) in [5.74, 6) is -2.03. The zero-order valence-corrected chi connectivity index (χ0v) is 6.55. The number of nitrogens with zero attached hydrogens (tertiary/aromatic N) is 8. The molecule has 0 N–H and O–H groups in total. The lowest BCUT2D eigenvalue weighted by Gasteiger charge is -1.93.